The van der Waals surface area contributed by atoms with Crippen LogP contribution < -0.4 is 5.32 Å². The van der Waals surface area contributed by atoms with Gasteiger partial charge < -0.3 is 10.2 Å². The van der Waals surface area contributed by atoms with Crippen LogP contribution >= 0.6 is 0 Å². The first-order chi connectivity index (χ1) is 11.8. The van der Waals surface area contributed by atoms with Crippen LogP contribution in [-0.4, -0.2) is 48.7 Å². The lowest BCUT2D eigenvalue weighted by Gasteiger charge is -2.37. The first-order valence-corrected chi connectivity index (χ1v) is 8.50. The Balaban J connectivity index is 1.38. The summed E-state index contributed by atoms with van der Waals surface area (Å²) in [6.45, 7) is 3.42. The monoisotopic (exact) mass is 319 g/mol. The number of nitrogens with zero attached hydrogens (tertiary/aromatic N) is 2. The first kappa shape index (κ1) is 15.1. The molecule has 0 radical (unpaired) electrons. The average Bonchev–Trinajstić information content (AvgIpc) is 3.11. The molecule has 2 aliphatic heterocycles. The van der Waals surface area contributed by atoms with Crippen molar-refractivity contribution in [3.8, 4) is 11.1 Å². The zero-order valence-electron chi connectivity index (χ0n) is 13.6. The molecule has 2 aromatic rings. The van der Waals surface area contributed by atoms with Gasteiger partial charge >= 0.3 is 0 Å². The number of aliphatic imine (C=N–C) groups is 1. The lowest BCUT2D eigenvalue weighted by Crippen LogP contribution is -2.53. The van der Waals surface area contributed by atoms with Gasteiger partial charge in [-0.1, -0.05) is 42.5 Å². The Morgan fingerprint density at radius 3 is 2.38 bits per heavy atom. The highest BCUT2D eigenvalue weighted by Gasteiger charge is 2.31. The molecule has 2 heterocycles. The Morgan fingerprint density at radius 2 is 1.71 bits per heavy atom. The second-order valence-corrected chi connectivity index (χ2v) is 6.43. The standard InChI is InChI=1S/C20H21N3O/c24-20(23-13-19(14-23)22-18-10-11-21-12-18)17-8-6-16(7-9-17)15-4-2-1-3-5-15/h1-9,19,21H,10-14H2. The number of likely N-dealkylation sites (tertiary alicyclic amines) is 1. The fourth-order valence-electron chi connectivity index (χ4n) is 3.24. The molecule has 0 aliphatic carbocycles. The topological polar surface area (TPSA) is 44.7 Å². The Labute approximate surface area is 142 Å². The van der Waals surface area contributed by atoms with Crippen molar-refractivity contribution in [2.75, 3.05) is 26.2 Å². The minimum absolute atomic E-state index is 0.107. The van der Waals surface area contributed by atoms with E-state index in [2.05, 4.69) is 17.4 Å². The molecule has 122 valence electrons. The molecule has 0 spiro atoms. The van der Waals surface area contributed by atoms with Gasteiger partial charge in [0, 0.05) is 37.5 Å². The van der Waals surface area contributed by atoms with Crippen LogP contribution in [0.4, 0.5) is 0 Å². The van der Waals surface area contributed by atoms with Gasteiger partial charge in [-0.05, 0) is 29.7 Å². The third-order valence-electron chi connectivity index (χ3n) is 4.67. The summed E-state index contributed by atoms with van der Waals surface area (Å²) in [4.78, 5) is 19.1. The number of nitrogens with one attached hydrogen (secondary N) is 1. The number of benzene rings is 2. The van der Waals surface area contributed by atoms with Gasteiger partial charge in [0.2, 0.25) is 0 Å². The normalized spacial score (nSPS) is 19.5. The smallest absolute Gasteiger partial charge is 0.253 e. The van der Waals surface area contributed by atoms with E-state index >= 15 is 0 Å². The minimum Gasteiger partial charge on any atom is -0.334 e. The molecule has 4 nitrogen and oxygen atoms in total. The molecule has 1 N–H and O–H groups in total. The summed E-state index contributed by atoms with van der Waals surface area (Å²) in [5.74, 6) is 0.107. The minimum atomic E-state index is 0.107. The summed E-state index contributed by atoms with van der Waals surface area (Å²) >= 11 is 0. The van der Waals surface area contributed by atoms with Gasteiger partial charge in [0.05, 0.1) is 6.04 Å². The van der Waals surface area contributed by atoms with Crippen LogP contribution in [0.15, 0.2) is 59.6 Å². The predicted molar refractivity (Wildman–Crippen MR) is 96.5 cm³/mol. The molecule has 24 heavy (non-hydrogen) atoms. The molecule has 4 heteroatoms. The molecular weight excluding hydrogens is 298 g/mol. The highest BCUT2D eigenvalue weighted by atomic mass is 16.2. The molecular formula is C20H21N3O. The van der Waals surface area contributed by atoms with Crippen LogP contribution in [0.3, 0.4) is 0 Å². The fraction of sp³-hybridized carbons (Fsp3) is 0.300. The molecule has 0 unspecified atom stereocenters. The van der Waals surface area contributed by atoms with Gasteiger partial charge in [0.1, 0.15) is 0 Å². The number of carbonyl (C=O) groups is 1. The molecule has 4 rings (SSSR count). The van der Waals surface area contributed by atoms with Crippen molar-refractivity contribution in [3.63, 3.8) is 0 Å². The molecule has 2 aromatic carbocycles. The van der Waals surface area contributed by atoms with Gasteiger partial charge in [-0.15, -0.1) is 0 Å². The summed E-state index contributed by atoms with van der Waals surface area (Å²) in [6.07, 6.45) is 1.05. The van der Waals surface area contributed by atoms with E-state index in [1.165, 1.54) is 11.3 Å². The van der Waals surface area contributed by atoms with Gasteiger partial charge in [0.15, 0.2) is 0 Å². The van der Waals surface area contributed by atoms with Crippen LogP contribution in [0.1, 0.15) is 16.8 Å². The van der Waals surface area contributed by atoms with E-state index in [4.69, 9.17) is 4.99 Å². The largest absolute Gasteiger partial charge is 0.334 e. The van der Waals surface area contributed by atoms with Crippen molar-refractivity contribution in [3.05, 3.63) is 60.2 Å². The van der Waals surface area contributed by atoms with Crippen molar-refractivity contribution in [2.45, 2.75) is 12.5 Å². The van der Waals surface area contributed by atoms with Gasteiger partial charge in [-0.3, -0.25) is 9.79 Å². The van der Waals surface area contributed by atoms with Crippen LogP contribution in [0.25, 0.3) is 11.1 Å². The average molecular weight is 319 g/mol. The van der Waals surface area contributed by atoms with Crippen molar-refractivity contribution in [1.29, 1.82) is 0 Å². The van der Waals surface area contributed by atoms with E-state index in [-0.39, 0.29) is 11.9 Å². The maximum absolute atomic E-state index is 12.5. The lowest BCUT2D eigenvalue weighted by atomic mass is 10.0. The molecule has 0 aromatic heterocycles. The third kappa shape index (κ3) is 3.10. The zero-order valence-corrected chi connectivity index (χ0v) is 13.6. The molecule has 2 saturated heterocycles. The van der Waals surface area contributed by atoms with E-state index in [9.17, 15) is 4.79 Å². The van der Waals surface area contributed by atoms with E-state index in [0.717, 1.165) is 43.7 Å². The van der Waals surface area contributed by atoms with Crippen LogP contribution in [0.5, 0.6) is 0 Å². The van der Waals surface area contributed by atoms with E-state index in [1.54, 1.807) is 0 Å². The molecule has 0 bridgehead atoms. The van der Waals surface area contributed by atoms with Gasteiger partial charge in [-0.25, -0.2) is 0 Å². The molecule has 0 saturated carbocycles. The van der Waals surface area contributed by atoms with Crippen LogP contribution in [0, 0.1) is 0 Å². The molecule has 0 atom stereocenters. The molecule has 2 aliphatic rings. The van der Waals surface area contributed by atoms with Crippen molar-refractivity contribution >= 4 is 11.6 Å². The molecule has 2 fully saturated rings. The third-order valence-corrected chi connectivity index (χ3v) is 4.67. The Bertz CT molecular complexity index is 738. The van der Waals surface area contributed by atoms with Crippen molar-refractivity contribution < 1.29 is 4.79 Å². The van der Waals surface area contributed by atoms with Crippen molar-refractivity contribution in [1.82, 2.24) is 10.2 Å². The predicted octanol–water partition coefficient (Wildman–Crippen LogP) is 2.61. The second kappa shape index (κ2) is 6.57. The highest BCUT2D eigenvalue weighted by molar-refractivity contribution is 5.95. The Kier molecular flexibility index (Phi) is 4.13. The van der Waals surface area contributed by atoms with E-state index in [0.29, 0.717) is 0 Å². The number of hydrogen-bond donors (Lipinski definition) is 1. The van der Waals surface area contributed by atoms with Crippen LogP contribution in [-0.2, 0) is 0 Å². The summed E-state index contributed by atoms with van der Waals surface area (Å²) in [5.41, 5.74) is 4.30. The summed E-state index contributed by atoms with van der Waals surface area (Å²) in [5, 5.41) is 3.29. The lowest BCUT2D eigenvalue weighted by molar-refractivity contribution is 0.0610. The number of amides is 1. The Hall–Kier alpha value is -2.46. The first-order valence-electron chi connectivity index (χ1n) is 8.50. The quantitative estimate of drug-likeness (QED) is 0.945. The summed E-state index contributed by atoms with van der Waals surface area (Å²) < 4.78 is 0. The SMILES string of the molecule is O=C(c1ccc(-c2ccccc2)cc1)N1CC(N=C2CCNC2)C1. The maximum Gasteiger partial charge on any atom is 0.253 e. The second-order valence-electron chi connectivity index (χ2n) is 6.43. The Morgan fingerprint density at radius 1 is 1.00 bits per heavy atom. The highest BCUT2D eigenvalue weighted by Crippen LogP contribution is 2.21. The maximum atomic E-state index is 12.5. The summed E-state index contributed by atoms with van der Waals surface area (Å²) in [6, 6.07) is 18.4. The fourth-order valence-corrected chi connectivity index (χ4v) is 3.24. The molecule has 1 amide bonds. The number of rotatable bonds is 3. The van der Waals surface area contributed by atoms with E-state index < -0.39 is 0 Å². The number of hydrogen-bond acceptors (Lipinski definition) is 3. The van der Waals surface area contributed by atoms with Gasteiger partial charge in [0.25, 0.3) is 5.91 Å². The zero-order chi connectivity index (χ0) is 16.4. The van der Waals surface area contributed by atoms with Gasteiger partial charge in [-0.2, -0.15) is 0 Å². The summed E-state index contributed by atoms with van der Waals surface area (Å²) in [7, 11) is 0. The van der Waals surface area contributed by atoms with Crippen LogP contribution in [0.2, 0.25) is 0 Å². The van der Waals surface area contributed by atoms with Crippen molar-refractivity contribution in [2.24, 2.45) is 4.99 Å². The number of carbonyl (C=O) groups excluding carboxylic acids is 1. The van der Waals surface area contributed by atoms with E-state index in [1.807, 2.05) is 47.4 Å².